The van der Waals surface area contributed by atoms with Crippen molar-refractivity contribution in [1.82, 2.24) is 0 Å². The summed E-state index contributed by atoms with van der Waals surface area (Å²) in [5.41, 5.74) is 1.73. The first kappa shape index (κ1) is 10.3. The molecule has 0 saturated carbocycles. The lowest BCUT2D eigenvalue weighted by Gasteiger charge is -2.03. The number of hydrogen-bond donors (Lipinski definition) is 1. The van der Waals surface area contributed by atoms with Crippen molar-refractivity contribution in [3.05, 3.63) is 35.4 Å². The standard InChI is InChI=1S/C12H11NO/c1-2-12(14)8-7-10-3-5-11(9-13)6-4-10/h1,3-6,12,14H,7-8H2. The number of hydrogen-bond acceptors (Lipinski definition) is 2. The van der Waals surface area contributed by atoms with Crippen LogP contribution >= 0.6 is 0 Å². The highest BCUT2D eigenvalue weighted by Crippen LogP contribution is 2.07. The molecule has 1 aromatic rings. The second-order valence-corrected chi connectivity index (χ2v) is 3.03. The first-order valence-electron chi connectivity index (χ1n) is 4.39. The largest absolute Gasteiger partial charge is 0.380 e. The Kier molecular flexibility index (Phi) is 3.73. The smallest absolute Gasteiger partial charge is 0.114 e. The fourth-order valence-electron chi connectivity index (χ4n) is 1.13. The quantitative estimate of drug-likeness (QED) is 0.725. The summed E-state index contributed by atoms with van der Waals surface area (Å²) in [6.07, 6.45) is 5.65. The third-order valence-electron chi connectivity index (χ3n) is 1.98. The Balaban J connectivity index is 2.54. The average molecular weight is 185 g/mol. The van der Waals surface area contributed by atoms with Gasteiger partial charge in [-0.15, -0.1) is 6.42 Å². The van der Waals surface area contributed by atoms with Gasteiger partial charge in [-0.05, 0) is 30.5 Å². The van der Waals surface area contributed by atoms with Gasteiger partial charge in [0.25, 0.3) is 0 Å². The topological polar surface area (TPSA) is 44.0 Å². The maximum absolute atomic E-state index is 9.13. The molecule has 0 amide bonds. The van der Waals surface area contributed by atoms with Crippen LogP contribution in [-0.2, 0) is 6.42 Å². The van der Waals surface area contributed by atoms with Gasteiger partial charge in [0, 0.05) is 0 Å². The van der Waals surface area contributed by atoms with Gasteiger partial charge in [0.1, 0.15) is 6.10 Å². The molecular weight excluding hydrogens is 174 g/mol. The van der Waals surface area contributed by atoms with Crippen molar-refractivity contribution in [3.63, 3.8) is 0 Å². The minimum absolute atomic E-state index is 0.558. The van der Waals surface area contributed by atoms with Crippen molar-refractivity contribution in [2.75, 3.05) is 0 Å². The highest BCUT2D eigenvalue weighted by atomic mass is 16.3. The molecular formula is C12H11NO. The van der Waals surface area contributed by atoms with Crippen molar-refractivity contribution in [2.45, 2.75) is 18.9 Å². The van der Waals surface area contributed by atoms with E-state index in [4.69, 9.17) is 16.8 Å². The highest BCUT2D eigenvalue weighted by Gasteiger charge is 1.99. The van der Waals surface area contributed by atoms with Gasteiger partial charge in [0.15, 0.2) is 0 Å². The van der Waals surface area contributed by atoms with Gasteiger partial charge in [-0.3, -0.25) is 0 Å². The summed E-state index contributed by atoms with van der Waals surface area (Å²) in [6.45, 7) is 0. The van der Waals surface area contributed by atoms with E-state index in [1.807, 2.05) is 18.2 Å². The number of benzene rings is 1. The predicted octanol–water partition coefficient (Wildman–Crippen LogP) is 1.48. The average Bonchev–Trinajstić information content (AvgIpc) is 2.26. The van der Waals surface area contributed by atoms with E-state index < -0.39 is 6.10 Å². The van der Waals surface area contributed by atoms with Crippen molar-refractivity contribution < 1.29 is 5.11 Å². The number of aliphatic hydroxyl groups excluding tert-OH is 1. The van der Waals surface area contributed by atoms with E-state index in [0.717, 1.165) is 12.0 Å². The minimum Gasteiger partial charge on any atom is -0.380 e. The first-order chi connectivity index (χ1) is 6.76. The second-order valence-electron chi connectivity index (χ2n) is 3.03. The van der Waals surface area contributed by atoms with E-state index in [2.05, 4.69) is 5.92 Å². The fourth-order valence-corrected chi connectivity index (χ4v) is 1.13. The maximum Gasteiger partial charge on any atom is 0.114 e. The molecule has 1 aromatic carbocycles. The van der Waals surface area contributed by atoms with E-state index in [1.165, 1.54) is 0 Å². The summed E-state index contributed by atoms with van der Waals surface area (Å²) < 4.78 is 0. The highest BCUT2D eigenvalue weighted by molar-refractivity contribution is 5.31. The Morgan fingerprint density at radius 3 is 2.50 bits per heavy atom. The molecule has 0 aromatic heterocycles. The SMILES string of the molecule is C#CC(O)CCc1ccc(C#N)cc1. The van der Waals surface area contributed by atoms with Crippen LogP contribution in [0.1, 0.15) is 17.5 Å². The number of nitriles is 1. The molecule has 14 heavy (non-hydrogen) atoms. The van der Waals surface area contributed by atoms with E-state index in [9.17, 15) is 0 Å². The number of aryl methyl sites for hydroxylation is 1. The molecule has 0 heterocycles. The van der Waals surface area contributed by atoms with Crippen LogP contribution in [0, 0.1) is 23.7 Å². The van der Waals surface area contributed by atoms with Gasteiger partial charge >= 0.3 is 0 Å². The summed E-state index contributed by atoms with van der Waals surface area (Å²) in [7, 11) is 0. The summed E-state index contributed by atoms with van der Waals surface area (Å²) in [6, 6.07) is 9.33. The van der Waals surface area contributed by atoms with Crippen molar-refractivity contribution in [3.8, 4) is 18.4 Å². The predicted molar refractivity (Wildman–Crippen MR) is 54.3 cm³/mol. The molecule has 1 rings (SSSR count). The molecule has 0 radical (unpaired) electrons. The van der Waals surface area contributed by atoms with Gasteiger partial charge in [0.05, 0.1) is 11.6 Å². The van der Waals surface area contributed by atoms with Crippen LogP contribution in [-0.4, -0.2) is 11.2 Å². The van der Waals surface area contributed by atoms with E-state index in [0.29, 0.717) is 12.0 Å². The van der Waals surface area contributed by atoms with Crippen LogP contribution in [0.25, 0.3) is 0 Å². The van der Waals surface area contributed by atoms with Crippen molar-refractivity contribution in [1.29, 1.82) is 5.26 Å². The molecule has 2 nitrogen and oxygen atoms in total. The summed E-state index contributed by atoms with van der Waals surface area (Å²) in [5, 5.41) is 17.7. The number of rotatable bonds is 3. The molecule has 0 aliphatic rings. The lowest BCUT2D eigenvalue weighted by Crippen LogP contribution is -2.03. The van der Waals surface area contributed by atoms with Crippen LogP contribution in [0.15, 0.2) is 24.3 Å². The molecule has 0 aliphatic heterocycles. The van der Waals surface area contributed by atoms with Crippen LogP contribution in [0.5, 0.6) is 0 Å². The Labute approximate surface area is 83.8 Å². The van der Waals surface area contributed by atoms with Crippen LogP contribution in [0.3, 0.4) is 0 Å². The second kappa shape index (κ2) is 5.07. The summed E-state index contributed by atoms with van der Waals surface area (Å²) in [5.74, 6) is 2.26. The zero-order valence-electron chi connectivity index (χ0n) is 7.77. The minimum atomic E-state index is -0.675. The normalized spacial score (nSPS) is 11.4. The third-order valence-corrected chi connectivity index (χ3v) is 1.98. The van der Waals surface area contributed by atoms with E-state index in [-0.39, 0.29) is 0 Å². The molecule has 0 fully saturated rings. The van der Waals surface area contributed by atoms with E-state index in [1.54, 1.807) is 12.1 Å². The van der Waals surface area contributed by atoms with Gasteiger partial charge in [-0.25, -0.2) is 0 Å². The molecule has 1 unspecified atom stereocenters. The molecule has 0 bridgehead atoms. The maximum atomic E-state index is 9.13. The Bertz CT molecular complexity index is 367. The van der Waals surface area contributed by atoms with Gasteiger partial charge < -0.3 is 5.11 Å². The van der Waals surface area contributed by atoms with Gasteiger partial charge in [-0.2, -0.15) is 5.26 Å². The molecule has 1 atom stereocenters. The Hall–Kier alpha value is -1.77. The van der Waals surface area contributed by atoms with Gasteiger partial charge in [0.2, 0.25) is 0 Å². The molecule has 0 aliphatic carbocycles. The molecule has 2 heteroatoms. The number of nitrogens with zero attached hydrogens (tertiary/aromatic N) is 1. The fraction of sp³-hybridized carbons (Fsp3) is 0.250. The summed E-state index contributed by atoms with van der Waals surface area (Å²) in [4.78, 5) is 0. The number of aliphatic hydroxyl groups is 1. The van der Waals surface area contributed by atoms with E-state index >= 15 is 0 Å². The van der Waals surface area contributed by atoms with Crippen LogP contribution in [0.2, 0.25) is 0 Å². The molecule has 0 saturated heterocycles. The van der Waals surface area contributed by atoms with Crippen molar-refractivity contribution >= 4 is 0 Å². The molecule has 0 spiro atoms. The van der Waals surface area contributed by atoms with Crippen LogP contribution < -0.4 is 0 Å². The lowest BCUT2D eigenvalue weighted by atomic mass is 10.1. The molecule has 1 N–H and O–H groups in total. The zero-order chi connectivity index (χ0) is 10.4. The lowest BCUT2D eigenvalue weighted by molar-refractivity contribution is 0.222. The van der Waals surface area contributed by atoms with Crippen LogP contribution in [0.4, 0.5) is 0 Å². The zero-order valence-corrected chi connectivity index (χ0v) is 7.77. The summed E-state index contributed by atoms with van der Waals surface area (Å²) >= 11 is 0. The van der Waals surface area contributed by atoms with Gasteiger partial charge in [-0.1, -0.05) is 18.1 Å². The monoisotopic (exact) mass is 185 g/mol. The van der Waals surface area contributed by atoms with Crippen molar-refractivity contribution in [2.24, 2.45) is 0 Å². The first-order valence-corrected chi connectivity index (χ1v) is 4.39. The Morgan fingerprint density at radius 1 is 1.36 bits per heavy atom. The number of terminal acetylenes is 1. The third kappa shape index (κ3) is 2.94. The molecule has 70 valence electrons. The Morgan fingerprint density at radius 2 is 2.00 bits per heavy atom.